The van der Waals surface area contributed by atoms with Crippen LogP contribution in [0.25, 0.3) is 21.7 Å². The Balaban J connectivity index is 0.596. The Morgan fingerprint density at radius 2 is 1.42 bits per heavy atom. The number of unbranched alkanes of at least 4 members (excludes halogenated alkanes) is 7. The van der Waals surface area contributed by atoms with Crippen LogP contribution in [0.15, 0.2) is 109 Å². The van der Waals surface area contributed by atoms with Crippen molar-refractivity contribution in [1.29, 1.82) is 0 Å². The van der Waals surface area contributed by atoms with Gasteiger partial charge < -0.3 is 45.6 Å². The summed E-state index contributed by atoms with van der Waals surface area (Å²) in [6, 6.07) is 25.6. The van der Waals surface area contributed by atoms with Crippen LogP contribution in [0, 0.1) is 19.3 Å². The molecule has 6 aromatic rings. The number of ether oxygens (including phenoxy) is 2. The number of piperazine rings is 1. The van der Waals surface area contributed by atoms with E-state index in [4.69, 9.17) is 9.47 Å². The number of carbonyl (C=O) groups excluding carboxylic acids is 4. The van der Waals surface area contributed by atoms with E-state index in [-0.39, 0.29) is 49.6 Å². The number of pyridine rings is 1. The lowest BCUT2D eigenvalue weighted by Gasteiger charge is -2.35. The van der Waals surface area contributed by atoms with Crippen molar-refractivity contribution in [3.8, 4) is 21.7 Å². The fourth-order valence-corrected chi connectivity index (χ4v) is 11.6. The van der Waals surface area contributed by atoms with Crippen molar-refractivity contribution in [2.75, 3.05) is 76.3 Å². The monoisotopic (exact) mass is 1190 g/mol. The summed E-state index contributed by atoms with van der Waals surface area (Å²) in [5.41, 5.74) is 10.1. The smallest absolute Gasteiger partial charge is 0.255 e. The highest BCUT2D eigenvalue weighted by atomic mass is 32.1. The molecule has 3 aromatic heterocycles. The number of hydrogen-bond acceptors (Lipinski definition) is 15. The van der Waals surface area contributed by atoms with Crippen LogP contribution in [0.5, 0.6) is 0 Å². The Labute approximate surface area is 512 Å². The molecule has 2 aliphatic rings. The Kier molecular flexibility index (Phi) is 25.1. The molecule has 3 aromatic carbocycles. The van der Waals surface area contributed by atoms with Gasteiger partial charge in [-0.2, -0.15) is 0 Å². The van der Waals surface area contributed by atoms with E-state index in [0.29, 0.717) is 36.8 Å². The van der Waals surface area contributed by atoms with E-state index in [1.54, 1.807) is 29.9 Å². The number of benzene rings is 3. The summed E-state index contributed by atoms with van der Waals surface area (Å²) in [7, 11) is 0. The van der Waals surface area contributed by atoms with Crippen LogP contribution in [0.4, 0.5) is 17.3 Å². The van der Waals surface area contributed by atoms with Gasteiger partial charge in [-0.25, -0.2) is 15.0 Å². The molecule has 5 heterocycles. The first-order valence-electron chi connectivity index (χ1n) is 30.8. The number of carbonyl (C=O) groups is 4. The first-order chi connectivity index (χ1) is 41.7. The first-order valence-corrected chi connectivity index (χ1v) is 31.7. The van der Waals surface area contributed by atoms with Crippen molar-refractivity contribution in [1.82, 2.24) is 45.3 Å². The minimum Gasteiger partial charge on any atom is -0.391 e. The number of aromatic nitrogens is 4. The SMILES string of the molecule is Cc1ccc(NC(=O)c2ccc(CN3CCN(CCCCCCOCCCCCOCCCCCC(=O)NC(C(=O)N4CC(O)CC4C(=O)NCc4ccc(-c5scnc5C)cc4)C(C)(C)C)CC3)cc2)cc1Nc1nccc(-c2cccnc2)n1. The molecule has 86 heavy (non-hydrogen) atoms. The summed E-state index contributed by atoms with van der Waals surface area (Å²) in [6.45, 7) is 19.2. The normalized spacial score (nSPS) is 16.0. The van der Waals surface area contributed by atoms with Crippen molar-refractivity contribution < 1.29 is 33.8 Å². The highest BCUT2D eigenvalue weighted by Crippen LogP contribution is 2.30. The summed E-state index contributed by atoms with van der Waals surface area (Å²) in [5, 5.41) is 22.9. The molecule has 0 bridgehead atoms. The van der Waals surface area contributed by atoms with E-state index in [9.17, 15) is 24.3 Å². The average molecular weight is 1190 g/mol. The number of anilines is 3. The third kappa shape index (κ3) is 20.3. The number of amides is 4. The highest BCUT2D eigenvalue weighted by molar-refractivity contribution is 7.13. The van der Waals surface area contributed by atoms with E-state index < -0.39 is 23.6 Å². The van der Waals surface area contributed by atoms with Gasteiger partial charge in [-0.3, -0.25) is 29.1 Å². The maximum atomic E-state index is 14.0. The molecule has 4 amide bonds. The van der Waals surface area contributed by atoms with E-state index >= 15 is 0 Å². The summed E-state index contributed by atoms with van der Waals surface area (Å²) in [4.78, 5) is 79.1. The quantitative estimate of drug-likeness (QED) is 0.0249. The van der Waals surface area contributed by atoms with Gasteiger partial charge in [0.25, 0.3) is 5.91 Å². The molecule has 2 saturated heterocycles. The lowest BCUT2D eigenvalue weighted by atomic mass is 9.85. The number of nitrogens with one attached hydrogen (secondary N) is 4. The molecular formula is C67H89N11O7S. The number of aliphatic hydroxyl groups is 1. The highest BCUT2D eigenvalue weighted by Gasteiger charge is 2.44. The fraction of sp³-hybridized carbons (Fsp3) is 0.493. The third-order valence-corrected chi connectivity index (χ3v) is 16.9. The molecule has 5 N–H and O–H groups in total. The maximum Gasteiger partial charge on any atom is 0.255 e. The summed E-state index contributed by atoms with van der Waals surface area (Å²) >= 11 is 1.59. The van der Waals surface area contributed by atoms with Gasteiger partial charge in [0.05, 0.1) is 27.9 Å². The molecule has 460 valence electrons. The Morgan fingerprint density at radius 1 is 0.744 bits per heavy atom. The minimum atomic E-state index is -0.850. The fourth-order valence-electron chi connectivity index (χ4n) is 10.8. The third-order valence-electron chi connectivity index (χ3n) is 15.9. The van der Waals surface area contributed by atoms with Gasteiger partial charge in [0.1, 0.15) is 12.1 Å². The molecule has 3 atom stereocenters. The molecule has 2 aliphatic heterocycles. The van der Waals surface area contributed by atoms with Crippen molar-refractivity contribution in [3.63, 3.8) is 0 Å². The van der Waals surface area contributed by atoms with Crippen LogP contribution >= 0.6 is 11.3 Å². The van der Waals surface area contributed by atoms with Crippen LogP contribution in [0.1, 0.15) is 131 Å². The van der Waals surface area contributed by atoms with Crippen LogP contribution in [-0.2, 0) is 36.9 Å². The number of thiazole rings is 1. The van der Waals surface area contributed by atoms with Crippen LogP contribution < -0.4 is 21.3 Å². The summed E-state index contributed by atoms with van der Waals surface area (Å²) in [5.74, 6) is -0.593. The number of β-amino-alcohol motifs (C(OH)–C–C–N with tert-alkyl or cyclic N) is 1. The van der Waals surface area contributed by atoms with E-state index in [1.807, 2.05) is 113 Å². The number of likely N-dealkylation sites (tertiary alicyclic amines) is 1. The standard InChI is InChI=1S/C67H89N11O7S/c1-48-19-28-55(41-58(48)74-66-69-31-29-57(73-66)54-17-16-30-68-44-54)72-63(81)53-26-22-51(23-27-53)45-77-35-33-76(34-36-77)32-11-6-7-12-37-84-39-14-9-15-40-85-38-13-8-10-18-60(80)75-62(67(3,4)5)65(83)78-46-56(79)42-59(78)64(82)70-43-50-20-24-52(25-21-50)61-49(2)71-47-86-61/h16-17,19-31,41,44,47,56,59,62,79H,6-15,18,32-40,42-43,45-46H2,1-5H3,(H,70,82)(H,72,81)(H,75,80)(H,69,73,74). The van der Waals surface area contributed by atoms with Gasteiger partial charge in [-0.05, 0) is 135 Å². The summed E-state index contributed by atoms with van der Waals surface area (Å²) < 4.78 is 11.8. The zero-order valence-corrected chi connectivity index (χ0v) is 51.8. The molecular weight excluding hydrogens is 1100 g/mol. The van der Waals surface area contributed by atoms with E-state index in [2.05, 4.69) is 63.1 Å². The molecule has 19 heteroatoms. The van der Waals surface area contributed by atoms with Gasteiger partial charge >= 0.3 is 0 Å². The second-order valence-corrected chi connectivity index (χ2v) is 24.7. The minimum absolute atomic E-state index is 0.0356. The van der Waals surface area contributed by atoms with Crippen LogP contribution in [-0.4, -0.2) is 147 Å². The summed E-state index contributed by atoms with van der Waals surface area (Å²) in [6.07, 6.45) is 15.0. The molecule has 0 aliphatic carbocycles. The predicted molar refractivity (Wildman–Crippen MR) is 340 cm³/mol. The largest absolute Gasteiger partial charge is 0.391 e. The van der Waals surface area contributed by atoms with Gasteiger partial charge in [0.15, 0.2) is 0 Å². The van der Waals surface area contributed by atoms with Gasteiger partial charge in [0.2, 0.25) is 23.7 Å². The second kappa shape index (κ2) is 33.2. The van der Waals surface area contributed by atoms with Crippen molar-refractivity contribution in [3.05, 3.63) is 137 Å². The Morgan fingerprint density at radius 3 is 2.09 bits per heavy atom. The molecule has 18 nitrogen and oxygen atoms in total. The molecule has 0 radical (unpaired) electrons. The molecule has 2 fully saturated rings. The Hall–Kier alpha value is -7.00. The van der Waals surface area contributed by atoms with Crippen molar-refractivity contribution >= 4 is 52.3 Å². The predicted octanol–water partition coefficient (Wildman–Crippen LogP) is 10.5. The van der Waals surface area contributed by atoms with E-state index in [0.717, 1.165) is 135 Å². The zero-order valence-electron chi connectivity index (χ0n) is 51.0. The lowest BCUT2D eigenvalue weighted by molar-refractivity contribution is -0.144. The molecule has 8 rings (SSSR count). The Bertz CT molecular complexity index is 3080. The number of aliphatic hydroxyl groups excluding tert-OH is 1. The first kappa shape index (κ1) is 65.0. The van der Waals surface area contributed by atoms with Gasteiger partial charge in [0, 0.05) is 126 Å². The van der Waals surface area contributed by atoms with Crippen molar-refractivity contribution in [2.45, 2.75) is 143 Å². The number of nitrogens with zero attached hydrogens (tertiary/aromatic N) is 7. The van der Waals surface area contributed by atoms with E-state index in [1.165, 1.54) is 29.7 Å². The maximum absolute atomic E-state index is 14.0. The number of aryl methyl sites for hydroxylation is 2. The topological polar surface area (TPSA) is 216 Å². The molecule has 0 saturated carbocycles. The van der Waals surface area contributed by atoms with Crippen LogP contribution in [0.2, 0.25) is 0 Å². The lowest BCUT2D eigenvalue weighted by Crippen LogP contribution is -2.57. The number of rotatable bonds is 32. The van der Waals surface area contributed by atoms with Crippen molar-refractivity contribution in [2.24, 2.45) is 5.41 Å². The zero-order chi connectivity index (χ0) is 60.7. The van der Waals surface area contributed by atoms with Gasteiger partial charge in [-0.1, -0.05) is 82.5 Å². The molecule has 0 spiro atoms. The van der Waals surface area contributed by atoms with Crippen LogP contribution in [0.3, 0.4) is 0 Å². The second-order valence-electron chi connectivity index (χ2n) is 23.9. The van der Waals surface area contributed by atoms with Gasteiger partial charge in [-0.15, -0.1) is 11.3 Å². The molecule has 3 unspecified atom stereocenters. The number of hydrogen-bond donors (Lipinski definition) is 5. The average Bonchev–Trinajstić information content (AvgIpc) is 4.05.